The second-order valence-electron chi connectivity index (χ2n) is 6.27. The first-order valence-corrected chi connectivity index (χ1v) is 9.92. The maximum atomic E-state index is 6.24. The molecule has 2 aromatic carbocycles. The minimum atomic E-state index is 0.626. The summed E-state index contributed by atoms with van der Waals surface area (Å²) in [5.41, 5.74) is 9.87. The summed E-state index contributed by atoms with van der Waals surface area (Å²) in [6, 6.07) is 16.0. The molecule has 25 heavy (non-hydrogen) atoms. The van der Waals surface area contributed by atoms with Crippen LogP contribution in [-0.4, -0.2) is 5.71 Å². The third-order valence-electron chi connectivity index (χ3n) is 3.69. The van der Waals surface area contributed by atoms with Crippen LogP contribution in [0, 0.1) is 5.92 Å². The predicted octanol–water partition coefficient (Wildman–Crippen LogP) is 5.81. The van der Waals surface area contributed by atoms with Crippen molar-refractivity contribution in [3.05, 3.63) is 70.3 Å². The molecule has 0 heterocycles. The second-order valence-corrected chi connectivity index (χ2v) is 7.89. The van der Waals surface area contributed by atoms with Gasteiger partial charge in [0.2, 0.25) is 0 Å². The van der Waals surface area contributed by atoms with Crippen molar-refractivity contribution in [1.82, 2.24) is 0 Å². The standard InChI is InChI=1S/C20H24BrN3S/c1-14(2)3-8-17(22)13-20(15-4-6-16(21)7-5-15)24-18-9-11-19(25-23)12-10-18/h4-7,9-14H,3,8,22-23H2,1-2H3/b17-13-,24-20?. The minimum absolute atomic E-state index is 0.626. The highest BCUT2D eigenvalue weighted by Gasteiger charge is 2.04. The van der Waals surface area contributed by atoms with Gasteiger partial charge in [0.15, 0.2) is 0 Å². The van der Waals surface area contributed by atoms with Crippen LogP contribution in [0.25, 0.3) is 0 Å². The normalized spacial score (nSPS) is 12.7. The van der Waals surface area contributed by atoms with E-state index >= 15 is 0 Å². The SMILES string of the molecule is CC(C)CC/C(N)=C/C(=Nc1ccc(SN)cc1)c1ccc(Br)cc1. The summed E-state index contributed by atoms with van der Waals surface area (Å²) in [5, 5.41) is 5.58. The van der Waals surface area contributed by atoms with Crippen molar-refractivity contribution in [1.29, 1.82) is 0 Å². The molecule has 0 saturated heterocycles. The average molecular weight is 418 g/mol. The first kappa shape index (κ1) is 19.8. The summed E-state index contributed by atoms with van der Waals surface area (Å²) in [6.07, 6.45) is 3.92. The quantitative estimate of drug-likeness (QED) is 0.440. The number of halogens is 1. The maximum Gasteiger partial charge on any atom is 0.0726 e. The molecule has 0 bridgehead atoms. The Bertz CT molecular complexity index is 735. The summed E-state index contributed by atoms with van der Waals surface area (Å²) < 4.78 is 1.04. The third-order valence-corrected chi connectivity index (χ3v) is 4.77. The molecule has 0 atom stereocenters. The Balaban J connectivity index is 2.35. The van der Waals surface area contributed by atoms with E-state index in [1.54, 1.807) is 0 Å². The Hall–Kier alpha value is -1.56. The van der Waals surface area contributed by atoms with Gasteiger partial charge in [0.25, 0.3) is 0 Å². The van der Waals surface area contributed by atoms with Gasteiger partial charge in [-0.2, -0.15) is 0 Å². The van der Waals surface area contributed by atoms with Gasteiger partial charge in [0.05, 0.1) is 11.4 Å². The van der Waals surface area contributed by atoms with Gasteiger partial charge < -0.3 is 5.73 Å². The fourth-order valence-corrected chi connectivity index (χ4v) is 2.80. The molecule has 0 amide bonds. The number of aliphatic imine (C=N–C) groups is 1. The molecule has 5 heteroatoms. The van der Waals surface area contributed by atoms with Crippen LogP contribution >= 0.6 is 27.9 Å². The predicted molar refractivity (Wildman–Crippen MR) is 113 cm³/mol. The highest BCUT2D eigenvalue weighted by Crippen LogP contribution is 2.21. The van der Waals surface area contributed by atoms with E-state index in [0.29, 0.717) is 5.92 Å². The topological polar surface area (TPSA) is 64.4 Å². The van der Waals surface area contributed by atoms with E-state index in [-0.39, 0.29) is 0 Å². The molecule has 4 N–H and O–H groups in total. The number of nitrogens with two attached hydrogens (primary N) is 2. The van der Waals surface area contributed by atoms with Crippen molar-refractivity contribution in [2.24, 2.45) is 21.8 Å². The average Bonchev–Trinajstić information content (AvgIpc) is 2.61. The van der Waals surface area contributed by atoms with Gasteiger partial charge in [-0.05, 0) is 73.2 Å². The van der Waals surface area contributed by atoms with Gasteiger partial charge in [-0.25, -0.2) is 4.99 Å². The lowest BCUT2D eigenvalue weighted by molar-refractivity contribution is 0.583. The van der Waals surface area contributed by atoms with Crippen molar-refractivity contribution < 1.29 is 0 Å². The van der Waals surface area contributed by atoms with E-state index in [1.165, 1.54) is 11.9 Å². The highest BCUT2D eigenvalue weighted by atomic mass is 79.9. The summed E-state index contributed by atoms with van der Waals surface area (Å²) >= 11 is 4.70. The zero-order chi connectivity index (χ0) is 18.2. The van der Waals surface area contributed by atoms with Gasteiger partial charge in [-0.1, -0.05) is 41.9 Å². The van der Waals surface area contributed by atoms with E-state index < -0.39 is 0 Å². The van der Waals surface area contributed by atoms with Crippen LogP contribution in [0.3, 0.4) is 0 Å². The fraction of sp³-hybridized carbons (Fsp3) is 0.250. The molecule has 0 fully saturated rings. The fourth-order valence-electron chi connectivity index (χ4n) is 2.24. The number of rotatable bonds is 7. The first-order valence-electron chi connectivity index (χ1n) is 8.25. The van der Waals surface area contributed by atoms with E-state index in [4.69, 9.17) is 15.9 Å². The molecule has 0 aliphatic rings. The lowest BCUT2D eigenvalue weighted by Gasteiger charge is -2.08. The molecule has 0 aliphatic heterocycles. The van der Waals surface area contributed by atoms with Gasteiger partial charge in [0, 0.05) is 20.6 Å². The molecule has 0 aliphatic carbocycles. The van der Waals surface area contributed by atoms with Crippen LogP contribution in [-0.2, 0) is 0 Å². The molecule has 0 radical (unpaired) electrons. The van der Waals surface area contributed by atoms with Gasteiger partial charge in [-0.3, -0.25) is 5.14 Å². The molecule has 132 valence electrons. The van der Waals surface area contributed by atoms with Crippen LogP contribution in [0.2, 0.25) is 0 Å². The lowest BCUT2D eigenvalue weighted by atomic mass is 10.0. The Morgan fingerprint density at radius 3 is 2.32 bits per heavy atom. The van der Waals surface area contributed by atoms with Crippen molar-refractivity contribution in [3.63, 3.8) is 0 Å². The molecule has 2 aromatic rings. The first-order chi connectivity index (χ1) is 12.0. The largest absolute Gasteiger partial charge is 0.402 e. The van der Waals surface area contributed by atoms with E-state index in [1.807, 2.05) is 54.6 Å². The molecular formula is C20H24BrN3S. The number of hydrogen-bond acceptors (Lipinski definition) is 4. The van der Waals surface area contributed by atoms with Crippen molar-refractivity contribution in [2.45, 2.75) is 31.6 Å². The van der Waals surface area contributed by atoms with E-state index in [2.05, 4.69) is 29.8 Å². The number of nitrogens with zero attached hydrogens (tertiary/aromatic N) is 1. The Morgan fingerprint density at radius 1 is 1.12 bits per heavy atom. The highest BCUT2D eigenvalue weighted by molar-refractivity contribution is 9.10. The van der Waals surface area contributed by atoms with Crippen LogP contribution in [0.15, 0.2) is 74.7 Å². The number of benzene rings is 2. The number of hydrogen-bond donors (Lipinski definition) is 2. The minimum Gasteiger partial charge on any atom is -0.402 e. The maximum absolute atomic E-state index is 6.24. The summed E-state index contributed by atoms with van der Waals surface area (Å²) in [4.78, 5) is 5.81. The number of allylic oxidation sites excluding steroid dienone is 2. The van der Waals surface area contributed by atoms with Crippen molar-refractivity contribution in [3.8, 4) is 0 Å². The molecule has 0 saturated carbocycles. The van der Waals surface area contributed by atoms with Crippen LogP contribution in [0.1, 0.15) is 32.3 Å². The van der Waals surface area contributed by atoms with Crippen molar-refractivity contribution in [2.75, 3.05) is 0 Å². The second kappa shape index (κ2) is 9.80. The van der Waals surface area contributed by atoms with E-state index in [0.717, 1.165) is 44.9 Å². The van der Waals surface area contributed by atoms with Crippen molar-refractivity contribution >= 4 is 39.3 Å². The van der Waals surface area contributed by atoms with Gasteiger partial charge in [0.1, 0.15) is 0 Å². The summed E-state index contributed by atoms with van der Waals surface area (Å²) in [6.45, 7) is 4.40. The van der Waals surface area contributed by atoms with Gasteiger partial charge >= 0.3 is 0 Å². The van der Waals surface area contributed by atoms with E-state index in [9.17, 15) is 0 Å². The summed E-state index contributed by atoms with van der Waals surface area (Å²) in [5.74, 6) is 0.626. The Kier molecular flexibility index (Phi) is 7.75. The van der Waals surface area contributed by atoms with Crippen LogP contribution in [0.5, 0.6) is 0 Å². The molecule has 3 nitrogen and oxygen atoms in total. The third kappa shape index (κ3) is 6.69. The molecule has 0 spiro atoms. The molecule has 0 unspecified atom stereocenters. The molecule has 2 rings (SSSR count). The zero-order valence-corrected chi connectivity index (χ0v) is 17.0. The lowest BCUT2D eigenvalue weighted by Crippen LogP contribution is -2.05. The van der Waals surface area contributed by atoms with Gasteiger partial charge in [-0.15, -0.1) is 0 Å². The monoisotopic (exact) mass is 417 g/mol. The summed E-state index contributed by atoms with van der Waals surface area (Å²) in [7, 11) is 0. The Morgan fingerprint density at radius 2 is 1.76 bits per heavy atom. The van der Waals surface area contributed by atoms with Crippen LogP contribution in [0.4, 0.5) is 5.69 Å². The van der Waals surface area contributed by atoms with Crippen LogP contribution < -0.4 is 10.9 Å². The Labute approximate surface area is 162 Å². The molecule has 0 aromatic heterocycles. The molecular weight excluding hydrogens is 394 g/mol. The smallest absolute Gasteiger partial charge is 0.0726 e. The zero-order valence-electron chi connectivity index (χ0n) is 14.6.